The SMILES string of the molecule is CO/N=C(\C)C1(C)CC(c2cc(-n3c(=O)n(C)c(=S)n(C)c3=O)c(F)cc2Cl)NO1. The van der Waals surface area contributed by atoms with Gasteiger partial charge in [-0.15, -0.1) is 0 Å². The van der Waals surface area contributed by atoms with Crippen molar-refractivity contribution in [1.29, 1.82) is 0 Å². The van der Waals surface area contributed by atoms with Crippen LogP contribution in [-0.4, -0.2) is 32.1 Å². The first-order valence-electron chi connectivity index (χ1n) is 8.92. The molecule has 1 fully saturated rings. The van der Waals surface area contributed by atoms with Crippen LogP contribution in [0.15, 0.2) is 26.9 Å². The van der Waals surface area contributed by atoms with Gasteiger partial charge >= 0.3 is 11.4 Å². The van der Waals surface area contributed by atoms with Gasteiger partial charge in [0.25, 0.3) is 0 Å². The first kappa shape index (κ1) is 22.3. The third-order valence-electron chi connectivity index (χ3n) is 5.23. The third kappa shape index (κ3) is 3.62. The molecule has 0 spiro atoms. The highest BCUT2D eigenvalue weighted by Crippen LogP contribution is 2.38. The summed E-state index contributed by atoms with van der Waals surface area (Å²) in [5.41, 5.74) is 1.37. The molecule has 0 aliphatic carbocycles. The number of halogens is 2. The van der Waals surface area contributed by atoms with E-state index in [4.69, 9.17) is 33.5 Å². The van der Waals surface area contributed by atoms with Crippen LogP contribution in [-0.2, 0) is 23.8 Å². The molecule has 1 aromatic carbocycles. The molecule has 12 heteroatoms. The number of nitrogens with zero attached hydrogens (tertiary/aromatic N) is 4. The maximum Gasteiger partial charge on any atom is 0.338 e. The quantitative estimate of drug-likeness (QED) is 0.429. The Morgan fingerprint density at radius 1 is 1.37 bits per heavy atom. The Kier molecular flexibility index (Phi) is 6.01. The van der Waals surface area contributed by atoms with Gasteiger partial charge in [0.05, 0.1) is 17.4 Å². The van der Waals surface area contributed by atoms with E-state index in [-0.39, 0.29) is 15.5 Å². The van der Waals surface area contributed by atoms with Gasteiger partial charge in [-0.1, -0.05) is 16.8 Å². The number of aromatic nitrogens is 3. The van der Waals surface area contributed by atoms with E-state index in [1.54, 1.807) is 6.92 Å². The van der Waals surface area contributed by atoms with Gasteiger partial charge in [0.15, 0.2) is 4.77 Å². The van der Waals surface area contributed by atoms with Crippen LogP contribution in [0.2, 0.25) is 5.02 Å². The largest absolute Gasteiger partial charge is 0.399 e. The standard InChI is InChI=1S/C18H21ClFN5O4S/c1-9(21-28-5)18(2)8-13(22-29-18)10-6-14(12(20)7-11(10)19)25-15(26)23(3)17(30)24(4)16(25)27/h6-7,13,22H,8H2,1-5H3/b21-9+. The molecule has 0 amide bonds. The predicted octanol–water partition coefficient (Wildman–Crippen LogP) is 2.14. The Morgan fingerprint density at radius 2 is 1.97 bits per heavy atom. The summed E-state index contributed by atoms with van der Waals surface area (Å²) in [6, 6.07) is 1.97. The normalized spacial score (nSPS) is 21.8. The zero-order valence-electron chi connectivity index (χ0n) is 17.0. The Labute approximate surface area is 181 Å². The maximum atomic E-state index is 14.8. The van der Waals surface area contributed by atoms with Crippen LogP contribution >= 0.6 is 23.8 Å². The molecule has 2 aromatic rings. The molecular formula is C18H21ClFN5O4S. The number of oxime groups is 1. The number of nitrogens with one attached hydrogen (secondary N) is 1. The van der Waals surface area contributed by atoms with Gasteiger partial charge in [0.1, 0.15) is 18.5 Å². The maximum absolute atomic E-state index is 14.8. The van der Waals surface area contributed by atoms with Crippen LogP contribution in [0.25, 0.3) is 5.69 Å². The van der Waals surface area contributed by atoms with Gasteiger partial charge in [-0.25, -0.2) is 18.5 Å². The minimum absolute atomic E-state index is 0.0189. The molecule has 0 saturated carbocycles. The second-order valence-electron chi connectivity index (χ2n) is 7.19. The van der Waals surface area contributed by atoms with Crippen molar-refractivity contribution in [2.24, 2.45) is 19.3 Å². The van der Waals surface area contributed by atoms with Crippen LogP contribution in [0.3, 0.4) is 0 Å². The monoisotopic (exact) mass is 457 g/mol. The summed E-state index contributed by atoms with van der Waals surface area (Å²) in [4.78, 5) is 35.9. The smallest absolute Gasteiger partial charge is 0.338 e. The van der Waals surface area contributed by atoms with E-state index in [0.29, 0.717) is 17.7 Å². The molecule has 1 N–H and O–H groups in total. The van der Waals surface area contributed by atoms with Crippen molar-refractivity contribution in [3.63, 3.8) is 0 Å². The molecule has 2 unspecified atom stereocenters. The lowest BCUT2D eigenvalue weighted by atomic mass is 9.91. The fraction of sp³-hybridized carbons (Fsp3) is 0.444. The summed E-state index contributed by atoms with van der Waals surface area (Å²) in [6.07, 6.45) is 0.405. The molecule has 1 aromatic heterocycles. The average Bonchev–Trinajstić information content (AvgIpc) is 3.10. The average molecular weight is 458 g/mol. The second-order valence-corrected chi connectivity index (χ2v) is 7.97. The van der Waals surface area contributed by atoms with E-state index in [1.165, 1.54) is 27.3 Å². The lowest BCUT2D eigenvalue weighted by Crippen LogP contribution is -2.43. The zero-order valence-corrected chi connectivity index (χ0v) is 18.6. The molecule has 0 bridgehead atoms. The Morgan fingerprint density at radius 3 is 2.53 bits per heavy atom. The van der Waals surface area contributed by atoms with Gasteiger partial charge in [-0.3, -0.25) is 14.0 Å². The summed E-state index contributed by atoms with van der Waals surface area (Å²) >= 11 is 11.4. The molecule has 1 saturated heterocycles. The van der Waals surface area contributed by atoms with E-state index >= 15 is 0 Å². The summed E-state index contributed by atoms with van der Waals surface area (Å²) < 4.78 is 17.7. The Bertz CT molecular complexity index is 1180. The van der Waals surface area contributed by atoms with E-state index < -0.39 is 28.8 Å². The van der Waals surface area contributed by atoms with Gasteiger partial charge < -0.3 is 4.84 Å². The fourth-order valence-corrected chi connectivity index (χ4v) is 3.71. The molecule has 3 rings (SSSR count). The highest BCUT2D eigenvalue weighted by atomic mass is 35.5. The molecule has 162 valence electrons. The molecule has 1 aliphatic rings. The van der Waals surface area contributed by atoms with E-state index in [9.17, 15) is 14.0 Å². The number of benzene rings is 1. The van der Waals surface area contributed by atoms with Gasteiger partial charge in [0.2, 0.25) is 0 Å². The summed E-state index contributed by atoms with van der Waals surface area (Å²) in [5, 5.41) is 4.04. The topological polar surface area (TPSA) is 91.8 Å². The first-order chi connectivity index (χ1) is 14.0. The van der Waals surface area contributed by atoms with Crippen LogP contribution in [0.1, 0.15) is 31.9 Å². The first-order valence-corrected chi connectivity index (χ1v) is 9.70. The van der Waals surface area contributed by atoms with E-state index in [1.807, 2.05) is 6.92 Å². The van der Waals surface area contributed by atoms with E-state index in [2.05, 4.69) is 10.6 Å². The molecule has 2 atom stereocenters. The van der Waals surface area contributed by atoms with Crippen molar-refractivity contribution in [2.75, 3.05) is 7.11 Å². The number of rotatable bonds is 4. The van der Waals surface area contributed by atoms with Crippen molar-refractivity contribution >= 4 is 29.5 Å². The summed E-state index contributed by atoms with van der Waals surface area (Å²) in [5.74, 6) is -0.820. The molecule has 0 radical (unpaired) electrons. The summed E-state index contributed by atoms with van der Waals surface area (Å²) in [6.45, 7) is 3.57. The van der Waals surface area contributed by atoms with Crippen molar-refractivity contribution < 1.29 is 14.1 Å². The van der Waals surface area contributed by atoms with Crippen molar-refractivity contribution in [3.8, 4) is 5.69 Å². The number of hydroxylamine groups is 1. The fourth-order valence-electron chi connectivity index (χ4n) is 3.27. The molecular weight excluding hydrogens is 437 g/mol. The van der Waals surface area contributed by atoms with Gasteiger partial charge in [-0.05, 0) is 43.8 Å². The van der Waals surface area contributed by atoms with Crippen LogP contribution in [0, 0.1) is 10.6 Å². The molecule has 2 heterocycles. The highest BCUT2D eigenvalue weighted by molar-refractivity contribution is 7.71. The summed E-state index contributed by atoms with van der Waals surface area (Å²) in [7, 11) is 4.25. The van der Waals surface area contributed by atoms with Crippen molar-refractivity contribution in [3.05, 3.63) is 54.3 Å². The van der Waals surface area contributed by atoms with Crippen LogP contribution in [0.4, 0.5) is 4.39 Å². The number of hydrogen-bond donors (Lipinski definition) is 1. The lowest BCUT2D eigenvalue weighted by Gasteiger charge is -2.20. The van der Waals surface area contributed by atoms with Crippen LogP contribution in [0.5, 0.6) is 0 Å². The van der Waals surface area contributed by atoms with Crippen LogP contribution < -0.4 is 16.9 Å². The molecule has 1 aliphatic heterocycles. The van der Waals surface area contributed by atoms with Crippen molar-refractivity contribution in [2.45, 2.75) is 31.9 Å². The minimum atomic E-state index is -0.820. The zero-order chi connectivity index (χ0) is 22.4. The second kappa shape index (κ2) is 8.06. The third-order valence-corrected chi connectivity index (χ3v) is 6.10. The minimum Gasteiger partial charge on any atom is -0.399 e. The lowest BCUT2D eigenvalue weighted by molar-refractivity contribution is -0.00228. The number of hydrogen-bond acceptors (Lipinski definition) is 7. The Hall–Kier alpha value is -2.34. The molecule has 30 heavy (non-hydrogen) atoms. The van der Waals surface area contributed by atoms with Gasteiger partial charge in [0, 0.05) is 25.5 Å². The van der Waals surface area contributed by atoms with E-state index in [0.717, 1.165) is 19.8 Å². The highest BCUT2D eigenvalue weighted by Gasteiger charge is 2.41. The van der Waals surface area contributed by atoms with Crippen molar-refractivity contribution in [1.82, 2.24) is 19.2 Å². The Balaban J connectivity index is 2.15. The van der Waals surface area contributed by atoms with Gasteiger partial charge in [-0.2, -0.15) is 5.48 Å². The molecule has 9 nitrogen and oxygen atoms in total. The predicted molar refractivity (Wildman–Crippen MR) is 112 cm³/mol.